The number of rotatable bonds is 0. The van der Waals surface area contributed by atoms with E-state index in [9.17, 15) is 0 Å². The molecule has 0 amide bonds. The summed E-state index contributed by atoms with van der Waals surface area (Å²) in [7, 11) is 0. The Morgan fingerprint density at radius 2 is 1.60 bits per heavy atom. The average Bonchev–Trinajstić information content (AvgIpc) is 1.88. The highest BCUT2D eigenvalue weighted by atomic mass is 35.6. The zero-order valence-electron chi connectivity index (χ0n) is 4.76. The summed E-state index contributed by atoms with van der Waals surface area (Å²) in [6, 6.07) is 1.65. The molecule has 0 unspecified atom stereocenters. The van der Waals surface area contributed by atoms with E-state index in [0.717, 1.165) is 0 Å². The Hall–Kier alpha value is -0.0500. The van der Waals surface area contributed by atoms with E-state index in [4.69, 9.17) is 34.8 Å². The quantitative estimate of drug-likeness (QED) is 0.597. The zero-order chi connectivity index (χ0) is 7.61. The minimum absolute atomic E-state index is 0.194. The van der Waals surface area contributed by atoms with Crippen LogP contribution in [0.3, 0.4) is 0 Å². The Kier molecular flexibility index (Phi) is 2.34. The van der Waals surface area contributed by atoms with Crippen molar-refractivity contribution in [2.24, 2.45) is 0 Å². The molecule has 0 aromatic carbocycles. The van der Waals surface area contributed by atoms with Gasteiger partial charge in [-0.25, -0.2) is 9.97 Å². The van der Waals surface area contributed by atoms with E-state index in [1.807, 2.05) is 0 Å². The third-order valence-electron chi connectivity index (χ3n) is 0.819. The van der Waals surface area contributed by atoms with Crippen LogP contribution in [0.25, 0.3) is 0 Å². The Morgan fingerprint density at radius 3 is 1.90 bits per heavy atom. The van der Waals surface area contributed by atoms with Crippen molar-refractivity contribution >= 4 is 34.8 Å². The van der Waals surface area contributed by atoms with Gasteiger partial charge in [0.2, 0.25) is 3.79 Å². The third kappa shape index (κ3) is 1.97. The SMILES string of the molecule is ClC(Cl)(Cl)c1ncccn1. The molecule has 1 aromatic rings. The van der Waals surface area contributed by atoms with Crippen molar-refractivity contribution in [3.8, 4) is 0 Å². The first kappa shape index (κ1) is 8.05. The molecule has 0 spiro atoms. The molecule has 0 aliphatic carbocycles. The summed E-state index contributed by atoms with van der Waals surface area (Å²) in [5, 5.41) is 0. The summed E-state index contributed by atoms with van der Waals surface area (Å²) < 4.78 is -1.51. The number of hydrogen-bond donors (Lipinski definition) is 0. The molecule has 0 saturated carbocycles. The lowest BCUT2D eigenvalue weighted by Crippen LogP contribution is -2.05. The lowest BCUT2D eigenvalue weighted by molar-refractivity contribution is 0.969. The van der Waals surface area contributed by atoms with Crippen LogP contribution in [-0.2, 0) is 3.79 Å². The fourth-order valence-electron chi connectivity index (χ4n) is 0.445. The second kappa shape index (κ2) is 2.91. The molecule has 1 heterocycles. The van der Waals surface area contributed by atoms with Crippen molar-refractivity contribution in [3.05, 3.63) is 24.3 Å². The van der Waals surface area contributed by atoms with E-state index in [2.05, 4.69) is 9.97 Å². The average molecular weight is 197 g/mol. The highest BCUT2D eigenvalue weighted by molar-refractivity contribution is 6.66. The van der Waals surface area contributed by atoms with E-state index in [0.29, 0.717) is 0 Å². The molecular weight excluding hydrogens is 194 g/mol. The lowest BCUT2D eigenvalue weighted by Gasteiger charge is -2.06. The van der Waals surface area contributed by atoms with E-state index < -0.39 is 3.79 Å². The number of hydrogen-bond acceptors (Lipinski definition) is 2. The van der Waals surface area contributed by atoms with Gasteiger partial charge in [0, 0.05) is 12.4 Å². The maximum Gasteiger partial charge on any atom is 0.250 e. The summed E-state index contributed by atoms with van der Waals surface area (Å²) in [6.07, 6.45) is 3.04. The van der Waals surface area contributed by atoms with Crippen LogP contribution in [-0.4, -0.2) is 9.97 Å². The molecule has 0 radical (unpaired) electrons. The number of nitrogens with zero attached hydrogens (tertiary/aromatic N) is 2. The van der Waals surface area contributed by atoms with Gasteiger partial charge < -0.3 is 0 Å². The van der Waals surface area contributed by atoms with Crippen LogP contribution in [0.4, 0.5) is 0 Å². The topological polar surface area (TPSA) is 25.8 Å². The van der Waals surface area contributed by atoms with Gasteiger partial charge in [0.25, 0.3) is 0 Å². The van der Waals surface area contributed by atoms with Crippen LogP contribution in [0.15, 0.2) is 18.5 Å². The highest BCUT2D eigenvalue weighted by Gasteiger charge is 2.25. The lowest BCUT2D eigenvalue weighted by atomic mass is 10.6. The normalized spacial score (nSPS) is 11.5. The van der Waals surface area contributed by atoms with Crippen molar-refractivity contribution in [1.29, 1.82) is 0 Å². The third-order valence-corrected chi connectivity index (χ3v) is 1.33. The summed E-state index contributed by atoms with van der Waals surface area (Å²) >= 11 is 16.4. The second-order valence-corrected chi connectivity index (χ2v) is 3.85. The highest BCUT2D eigenvalue weighted by Crippen LogP contribution is 2.34. The Bertz CT molecular complexity index is 206. The first-order chi connectivity index (χ1) is 4.61. The minimum atomic E-state index is -1.51. The van der Waals surface area contributed by atoms with Crippen molar-refractivity contribution < 1.29 is 0 Å². The Labute approximate surface area is 73.1 Å². The van der Waals surface area contributed by atoms with Crippen LogP contribution in [0.5, 0.6) is 0 Å². The molecule has 1 rings (SSSR count). The van der Waals surface area contributed by atoms with Gasteiger partial charge in [-0.15, -0.1) is 0 Å². The summed E-state index contributed by atoms with van der Waals surface area (Å²) in [6.45, 7) is 0. The van der Waals surface area contributed by atoms with Crippen LogP contribution in [0, 0.1) is 0 Å². The summed E-state index contributed by atoms with van der Waals surface area (Å²) in [4.78, 5) is 7.49. The standard InChI is InChI=1S/C5H3Cl3N2/c6-5(7,8)4-9-2-1-3-10-4/h1-3H. The molecule has 0 N–H and O–H groups in total. The number of aromatic nitrogens is 2. The molecule has 0 aliphatic rings. The minimum Gasteiger partial charge on any atom is -0.237 e. The van der Waals surface area contributed by atoms with Crippen LogP contribution >= 0.6 is 34.8 Å². The van der Waals surface area contributed by atoms with Gasteiger partial charge in [0.1, 0.15) is 0 Å². The number of alkyl halides is 3. The van der Waals surface area contributed by atoms with E-state index >= 15 is 0 Å². The van der Waals surface area contributed by atoms with Crippen LogP contribution < -0.4 is 0 Å². The maximum absolute atomic E-state index is 5.46. The van der Waals surface area contributed by atoms with Gasteiger partial charge in [-0.05, 0) is 6.07 Å². The molecular formula is C5H3Cl3N2. The summed E-state index contributed by atoms with van der Waals surface area (Å²) in [5.41, 5.74) is 0. The smallest absolute Gasteiger partial charge is 0.237 e. The van der Waals surface area contributed by atoms with Gasteiger partial charge >= 0.3 is 0 Å². The summed E-state index contributed by atoms with van der Waals surface area (Å²) in [5.74, 6) is 0.194. The first-order valence-electron chi connectivity index (χ1n) is 2.45. The van der Waals surface area contributed by atoms with Gasteiger partial charge in [0.15, 0.2) is 5.82 Å². The fourth-order valence-corrected chi connectivity index (χ4v) is 0.738. The van der Waals surface area contributed by atoms with Crippen LogP contribution in [0.2, 0.25) is 0 Å². The van der Waals surface area contributed by atoms with Crippen molar-refractivity contribution in [2.45, 2.75) is 3.79 Å². The van der Waals surface area contributed by atoms with Crippen molar-refractivity contribution in [1.82, 2.24) is 9.97 Å². The van der Waals surface area contributed by atoms with E-state index in [1.165, 1.54) is 12.4 Å². The predicted octanol–water partition coefficient (Wildman–Crippen LogP) is 2.30. The molecule has 54 valence electrons. The Morgan fingerprint density at radius 1 is 1.10 bits per heavy atom. The molecule has 1 aromatic heterocycles. The second-order valence-electron chi connectivity index (χ2n) is 1.57. The number of halogens is 3. The van der Waals surface area contributed by atoms with Crippen molar-refractivity contribution in [3.63, 3.8) is 0 Å². The molecule has 0 atom stereocenters. The fraction of sp³-hybridized carbons (Fsp3) is 0.200. The van der Waals surface area contributed by atoms with Gasteiger partial charge in [-0.3, -0.25) is 0 Å². The molecule has 0 fully saturated rings. The van der Waals surface area contributed by atoms with Gasteiger partial charge in [0.05, 0.1) is 0 Å². The monoisotopic (exact) mass is 196 g/mol. The van der Waals surface area contributed by atoms with Gasteiger partial charge in [-0.1, -0.05) is 34.8 Å². The zero-order valence-corrected chi connectivity index (χ0v) is 7.03. The van der Waals surface area contributed by atoms with Crippen LogP contribution in [0.1, 0.15) is 5.82 Å². The first-order valence-corrected chi connectivity index (χ1v) is 3.58. The molecule has 2 nitrogen and oxygen atoms in total. The van der Waals surface area contributed by atoms with E-state index in [-0.39, 0.29) is 5.82 Å². The van der Waals surface area contributed by atoms with E-state index in [1.54, 1.807) is 6.07 Å². The van der Waals surface area contributed by atoms with Gasteiger partial charge in [-0.2, -0.15) is 0 Å². The largest absolute Gasteiger partial charge is 0.250 e. The molecule has 0 aliphatic heterocycles. The molecule has 0 saturated heterocycles. The van der Waals surface area contributed by atoms with Crippen molar-refractivity contribution in [2.75, 3.05) is 0 Å². The Balaban J connectivity index is 2.97. The molecule has 10 heavy (non-hydrogen) atoms. The predicted molar refractivity (Wildman–Crippen MR) is 41.3 cm³/mol. The maximum atomic E-state index is 5.46. The molecule has 5 heteroatoms. The molecule has 0 bridgehead atoms.